The number of morpholine rings is 1. The number of thiophene rings is 1. The molecule has 7 heteroatoms. The maximum absolute atomic E-state index is 5.12. The smallest absolute Gasteiger partial charge is 0.133 e. The van der Waals surface area contributed by atoms with Gasteiger partial charge in [0.2, 0.25) is 0 Å². The van der Waals surface area contributed by atoms with Crippen LogP contribution in [0.3, 0.4) is 0 Å². The van der Waals surface area contributed by atoms with Gasteiger partial charge in [0.15, 0.2) is 0 Å². The second kappa shape index (κ2) is 105. The van der Waals surface area contributed by atoms with Gasteiger partial charge in [-0.2, -0.15) is 0 Å². The van der Waals surface area contributed by atoms with E-state index in [1.165, 1.54) is 105 Å². The zero-order chi connectivity index (χ0) is 74.3. The van der Waals surface area contributed by atoms with E-state index in [1.807, 2.05) is 127 Å². The largest absolute Gasteiger partial charge is 0.464 e. The summed E-state index contributed by atoms with van der Waals surface area (Å²) in [6, 6.07) is 28.9. The Labute approximate surface area is 592 Å². The molecular weight excluding hydrogens is 1160 g/mol. The van der Waals surface area contributed by atoms with Crippen molar-refractivity contribution in [2.75, 3.05) is 65.7 Å². The van der Waals surface area contributed by atoms with Crippen LogP contribution < -0.4 is 16.0 Å². The highest BCUT2D eigenvalue weighted by atomic mass is 32.1. The van der Waals surface area contributed by atoms with Crippen molar-refractivity contribution in [3.05, 3.63) is 114 Å². The number of furan rings is 1. The topological polar surface area (TPSA) is 67.7 Å². The van der Waals surface area contributed by atoms with E-state index in [4.69, 9.17) is 13.9 Å². The zero-order valence-corrected chi connectivity index (χ0v) is 70.5. The lowest BCUT2D eigenvalue weighted by Gasteiger charge is -2.10. The van der Waals surface area contributed by atoms with Crippen LogP contribution in [0.2, 0.25) is 0 Å². The van der Waals surface area contributed by atoms with E-state index in [-0.39, 0.29) is 0 Å². The molecular formula is C86H173N3O3S. The van der Waals surface area contributed by atoms with Gasteiger partial charge >= 0.3 is 0 Å². The lowest BCUT2D eigenvalue weighted by atomic mass is 10.1. The van der Waals surface area contributed by atoms with Crippen LogP contribution in [0.4, 0.5) is 0 Å². The molecule has 0 bridgehead atoms. The molecule has 93 heavy (non-hydrogen) atoms. The molecule has 4 fully saturated rings. The first kappa shape index (κ1) is 114. The van der Waals surface area contributed by atoms with Gasteiger partial charge in [0.1, 0.15) is 5.58 Å². The summed E-state index contributed by atoms with van der Waals surface area (Å²) in [7, 11) is 0. The number of benzene rings is 3. The lowest BCUT2D eigenvalue weighted by Crippen LogP contribution is -2.30. The highest BCUT2D eigenvalue weighted by Crippen LogP contribution is 2.19. The van der Waals surface area contributed by atoms with Crippen LogP contribution in [0.1, 0.15) is 311 Å². The minimum atomic E-state index is 0.833. The molecule has 3 N–H and O–H groups in total. The van der Waals surface area contributed by atoms with E-state index in [9.17, 15) is 0 Å². The molecule has 5 aromatic rings. The fourth-order valence-electron chi connectivity index (χ4n) is 5.81. The summed E-state index contributed by atoms with van der Waals surface area (Å²) in [4.78, 5) is 0. The summed E-state index contributed by atoms with van der Waals surface area (Å²) < 4.78 is 16.6. The minimum absolute atomic E-state index is 0.833. The van der Waals surface area contributed by atoms with Crippen LogP contribution in [-0.4, -0.2) is 65.7 Å². The Hall–Kier alpha value is -3.30. The molecule has 4 aliphatic heterocycles. The molecule has 0 unspecified atom stereocenters. The summed E-state index contributed by atoms with van der Waals surface area (Å²) in [6.45, 7) is 84.3. The molecule has 0 spiro atoms. The number of piperidine rings is 2. The van der Waals surface area contributed by atoms with Gasteiger partial charge in [-0.15, -0.1) is 11.3 Å². The number of fused-ring (bicyclic) bond motifs is 3. The number of allylic oxidation sites excluding steroid dienone is 1. The highest BCUT2D eigenvalue weighted by Gasteiger charge is 2.01. The standard InChI is InChI=1S/C9H8.C8H6O.C8H6S.2C5H11N.C5H10O.C4H9NO.7C4H10.7C2H6/c1-2-5-9-7-3-6-8(9)4-1;2*1-2-4-8-7(3-1)5-6-9-8;3*1-2-4-6-5-3-1;1-3-6-4-2-5-1;7*1-4(2)3;7*1-2/h1-6H,7H2;2*1-6H;2*6H,1-5H2;1-5H2;5H,1-4H2;7*4H,1-3H3;7*1-2H3. The average Bonchev–Trinajstić information content (AvgIpc) is 2.06. The maximum atomic E-state index is 5.12. The van der Waals surface area contributed by atoms with Gasteiger partial charge in [0, 0.05) is 36.4 Å². The number of ether oxygens (including phenoxy) is 2. The Balaban J connectivity index is -0.0000000862. The van der Waals surface area contributed by atoms with Gasteiger partial charge in [0.25, 0.3) is 0 Å². The van der Waals surface area contributed by atoms with Crippen molar-refractivity contribution in [3.8, 4) is 0 Å². The molecule has 6 nitrogen and oxygen atoms in total. The first-order valence-corrected chi connectivity index (χ1v) is 39.3. The number of hydrogen-bond donors (Lipinski definition) is 3. The molecule has 3 aromatic carbocycles. The third kappa shape index (κ3) is 130. The molecule has 10 rings (SSSR count). The van der Waals surface area contributed by atoms with Crippen LogP contribution in [-0.2, 0) is 15.9 Å². The Morgan fingerprint density at radius 2 is 0.645 bits per heavy atom. The first-order chi connectivity index (χ1) is 44.5. The normalized spacial score (nSPS) is 12.7. The first-order valence-electron chi connectivity index (χ1n) is 38.4. The predicted molar refractivity (Wildman–Crippen MR) is 442 cm³/mol. The van der Waals surface area contributed by atoms with Crippen LogP contribution in [0.25, 0.3) is 27.1 Å². The second-order valence-electron chi connectivity index (χ2n) is 25.0. The summed E-state index contributed by atoms with van der Waals surface area (Å²) in [5.41, 5.74) is 3.80. The Morgan fingerprint density at radius 1 is 0.323 bits per heavy atom. The van der Waals surface area contributed by atoms with E-state index in [2.05, 4.69) is 233 Å². The molecule has 5 aliphatic rings. The quantitative estimate of drug-likeness (QED) is 0.144. The molecule has 2 aromatic heterocycles. The monoisotopic (exact) mass is 1330 g/mol. The second-order valence-corrected chi connectivity index (χ2v) is 26.0. The van der Waals surface area contributed by atoms with Gasteiger partial charge < -0.3 is 29.8 Å². The van der Waals surface area contributed by atoms with Crippen molar-refractivity contribution in [1.82, 2.24) is 16.0 Å². The summed E-state index contributed by atoms with van der Waals surface area (Å²) in [6.07, 6.45) is 19.6. The van der Waals surface area contributed by atoms with Crippen LogP contribution in [0.15, 0.2) is 107 Å². The minimum Gasteiger partial charge on any atom is -0.464 e. The van der Waals surface area contributed by atoms with Crippen LogP contribution in [0.5, 0.6) is 0 Å². The van der Waals surface area contributed by atoms with Crippen molar-refractivity contribution in [1.29, 1.82) is 0 Å². The number of hydrogen-bond acceptors (Lipinski definition) is 7. The van der Waals surface area contributed by atoms with E-state index in [0.29, 0.717) is 0 Å². The van der Waals surface area contributed by atoms with E-state index in [1.54, 1.807) is 17.6 Å². The van der Waals surface area contributed by atoms with Crippen molar-refractivity contribution in [3.63, 3.8) is 0 Å². The van der Waals surface area contributed by atoms with Crippen LogP contribution >= 0.6 is 11.3 Å². The van der Waals surface area contributed by atoms with E-state index >= 15 is 0 Å². The SMILES string of the molecule is C1=Cc2ccccc2C1.C1CCNCC1.C1CCNCC1.C1CCOCC1.C1COCCN1.CC.CC.CC.CC.CC.CC.CC.CC(C)C.CC(C)C.CC(C)C.CC(C)C.CC(C)C.CC(C)C.CC(C)C.c1ccc2occc2c1.c1ccc2sccc2c1. The van der Waals surface area contributed by atoms with E-state index < -0.39 is 0 Å². The molecule has 0 radical (unpaired) electrons. The van der Waals surface area contributed by atoms with Crippen LogP contribution in [0, 0.1) is 41.4 Å². The van der Waals surface area contributed by atoms with Gasteiger partial charge in [0.05, 0.1) is 19.5 Å². The molecule has 0 atom stereocenters. The Kier molecular flexibility index (Phi) is 128. The van der Waals surface area contributed by atoms with E-state index in [0.717, 1.165) is 98.3 Å². The van der Waals surface area contributed by atoms with Gasteiger partial charge in [-0.25, -0.2) is 0 Å². The number of nitrogens with one attached hydrogen (secondary N) is 3. The van der Waals surface area contributed by atoms with Gasteiger partial charge in [-0.3, -0.25) is 0 Å². The Bertz CT molecular complexity index is 1610. The average molecular weight is 1330 g/mol. The lowest BCUT2D eigenvalue weighted by molar-refractivity contribution is 0.0968. The predicted octanol–water partition coefficient (Wildman–Crippen LogP) is 28.7. The third-order valence-corrected chi connectivity index (χ3v) is 9.65. The van der Waals surface area contributed by atoms with Crippen molar-refractivity contribution in [2.45, 2.75) is 307 Å². The van der Waals surface area contributed by atoms with Crippen molar-refractivity contribution in [2.24, 2.45) is 41.4 Å². The molecule has 0 saturated carbocycles. The molecule has 0 amide bonds. The summed E-state index contributed by atoms with van der Waals surface area (Å²) in [5.74, 6) is 5.83. The molecule has 556 valence electrons. The Morgan fingerprint density at radius 3 is 0.925 bits per heavy atom. The third-order valence-electron chi connectivity index (χ3n) is 8.75. The van der Waals surface area contributed by atoms with Crippen molar-refractivity contribution >= 4 is 38.5 Å². The summed E-state index contributed by atoms with van der Waals surface area (Å²) >= 11 is 1.79. The number of para-hydroxylation sites is 1. The fraction of sp³-hybridized carbons (Fsp3) is 0.721. The fourth-order valence-corrected chi connectivity index (χ4v) is 6.60. The molecule has 6 heterocycles. The maximum Gasteiger partial charge on any atom is 0.133 e. The number of rotatable bonds is 0. The molecule has 4 saturated heterocycles. The summed E-state index contributed by atoms with van der Waals surface area (Å²) in [5, 5.41) is 14.4. The molecule has 1 aliphatic carbocycles. The zero-order valence-electron chi connectivity index (χ0n) is 69.7. The van der Waals surface area contributed by atoms with Gasteiger partial charge in [-0.1, -0.05) is 328 Å². The highest BCUT2D eigenvalue weighted by molar-refractivity contribution is 7.17. The van der Waals surface area contributed by atoms with Gasteiger partial charge in [-0.05, 0) is 165 Å². The van der Waals surface area contributed by atoms with Crippen molar-refractivity contribution < 1.29 is 13.9 Å².